The number of nitrogens with zero attached hydrogens (tertiary/aromatic N) is 6. The van der Waals surface area contributed by atoms with Gasteiger partial charge in [-0.3, -0.25) is 4.90 Å². The zero-order valence-electron chi connectivity index (χ0n) is 24.1. The number of aromatic nitrogens is 4. The van der Waals surface area contributed by atoms with Crippen molar-refractivity contribution < 1.29 is 24.5 Å². The van der Waals surface area contributed by atoms with Crippen molar-refractivity contribution in [1.29, 1.82) is 0 Å². The first-order chi connectivity index (χ1) is 21.0. The third-order valence-corrected chi connectivity index (χ3v) is 7.13. The number of carboxylic acids is 2. The van der Waals surface area contributed by atoms with Gasteiger partial charge in [0.05, 0.1) is 12.6 Å². The number of rotatable bonds is 13. The molecule has 1 fully saturated rings. The molecule has 0 saturated carbocycles. The van der Waals surface area contributed by atoms with E-state index in [1.165, 1.54) is 36.9 Å². The molecule has 0 atom stereocenters. The van der Waals surface area contributed by atoms with Crippen LogP contribution in [-0.4, -0.2) is 91.1 Å². The number of piperazine rings is 1. The van der Waals surface area contributed by atoms with Gasteiger partial charge in [-0.2, -0.15) is 4.52 Å². The van der Waals surface area contributed by atoms with Crippen LogP contribution >= 0.6 is 0 Å². The Hall–Kier alpha value is -4.61. The van der Waals surface area contributed by atoms with E-state index >= 15 is 0 Å². The van der Waals surface area contributed by atoms with Crippen LogP contribution in [0.25, 0.3) is 5.65 Å². The molecule has 5 rings (SSSR count). The fraction of sp³-hybridized carbons (Fsp3) is 0.344. The molecule has 1 aliphatic rings. The summed E-state index contributed by atoms with van der Waals surface area (Å²) >= 11 is 0. The zero-order valence-corrected chi connectivity index (χ0v) is 24.1. The van der Waals surface area contributed by atoms with E-state index in [2.05, 4.69) is 85.8 Å². The average Bonchev–Trinajstić information content (AvgIpc) is 3.50. The van der Waals surface area contributed by atoms with E-state index in [9.17, 15) is 9.59 Å². The second-order valence-corrected chi connectivity index (χ2v) is 10.2. The highest BCUT2D eigenvalue weighted by Gasteiger charge is 2.26. The molecule has 0 spiro atoms. The van der Waals surface area contributed by atoms with Gasteiger partial charge < -0.3 is 19.8 Å². The van der Waals surface area contributed by atoms with Crippen LogP contribution in [0.5, 0.6) is 5.88 Å². The number of unbranched alkanes of at least 4 members (excludes halogenated alkanes) is 3. The minimum atomic E-state index is -1.26. The number of fused-ring (bicyclic) bond motifs is 1. The van der Waals surface area contributed by atoms with Gasteiger partial charge in [-0.05, 0) is 36.6 Å². The third kappa shape index (κ3) is 10.3. The predicted molar refractivity (Wildman–Crippen MR) is 162 cm³/mol. The maximum absolute atomic E-state index is 9.55. The van der Waals surface area contributed by atoms with Crippen LogP contribution in [0.2, 0.25) is 0 Å². The Balaban J connectivity index is 0.000000467. The van der Waals surface area contributed by atoms with Crippen molar-refractivity contribution in [2.75, 3.05) is 39.3 Å². The minimum Gasteiger partial charge on any atom is -0.478 e. The summed E-state index contributed by atoms with van der Waals surface area (Å²) in [6, 6.07) is 25.9. The van der Waals surface area contributed by atoms with Gasteiger partial charge in [0, 0.05) is 44.4 Å². The number of ether oxygens (including phenoxy) is 1. The molecule has 4 aromatic rings. The summed E-state index contributed by atoms with van der Waals surface area (Å²) in [6.45, 7) is 6.35. The first-order valence-corrected chi connectivity index (χ1v) is 14.5. The summed E-state index contributed by atoms with van der Waals surface area (Å²) in [5.74, 6) is -1.89. The molecule has 0 radical (unpaired) electrons. The molecule has 11 nitrogen and oxygen atoms in total. The van der Waals surface area contributed by atoms with Gasteiger partial charge in [-0.1, -0.05) is 73.5 Å². The van der Waals surface area contributed by atoms with Crippen LogP contribution in [0.4, 0.5) is 0 Å². The fourth-order valence-electron chi connectivity index (χ4n) is 5.03. The second kappa shape index (κ2) is 16.7. The Morgan fingerprint density at radius 3 is 2.00 bits per heavy atom. The van der Waals surface area contributed by atoms with Gasteiger partial charge in [0.1, 0.15) is 6.33 Å². The predicted octanol–water partition coefficient (Wildman–Crippen LogP) is 4.18. The minimum absolute atomic E-state index is 0.333. The Labute approximate surface area is 251 Å². The van der Waals surface area contributed by atoms with Crippen molar-refractivity contribution in [3.8, 4) is 5.88 Å². The quantitative estimate of drug-likeness (QED) is 0.174. The molecule has 0 bridgehead atoms. The molecular formula is C32H38N6O5. The zero-order chi connectivity index (χ0) is 30.3. The molecule has 1 aliphatic heterocycles. The number of hydrogen-bond acceptors (Lipinski definition) is 8. The van der Waals surface area contributed by atoms with E-state index < -0.39 is 11.9 Å². The van der Waals surface area contributed by atoms with Gasteiger partial charge in [0.15, 0.2) is 5.65 Å². The number of aliphatic carboxylic acids is 2. The van der Waals surface area contributed by atoms with E-state index in [1.807, 2.05) is 12.1 Å². The molecule has 0 aliphatic carbocycles. The Kier molecular flexibility index (Phi) is 12.2. The number of benzene rings is 2. The number of hydrogen-bond donors (Lipinski definition) is 2. The van der Waals surface area contributed by atoms with Crippen molar-refractivity contribution in [3.63, 3.8) is 0 Å². The Bertz CT molecular complexity index is 1380. The molecule has 1 saturated heterocycles. The second-order valence-electron chi connectivity index (χ2n) is 10.2. The van der Waals surface area contributed by atoms with Crippen molar-refractivity contribution >= 4 is 17.6 Å². The monoisotopic (exact) mass is 586 g/mol. The number of carbonyl (C=O) groups is 2. The molecule has 0 unspecified atom stereocenters. The summed E-state index contributed by atoms with van der Waals surface area (Å²) < 4.78 is 7.42. The fourth-order valence-corrected chi connectivity index (χ4v) is 5.03. The smallest absolute Gasteiger partial charge is 0.328 e. The largest absolute Gasteiger partial charge is 0.478 e. The summed E-state index contributed by atoms with van der Waals surface area (Å²) in [6.07, 6.45) is 7.41. The van der Waals surface area contributed by atoms with E-state index in [-0.39, 0.29) is 0 Å². The van der Waals surface area contributed by atoms with E-state index in [0.29, 0.717) is 30.7 Å². The van der Waals surface area contributed by atoms with E-state index in [0.717, 1.165) is 38.2 Å². The standard InChI is InChI=1S/C28H34N6O.C4H4O4/c1(2-10-22-35-27-16-15-26-30-29-23-34(26)31-27)9-17-32-18-20-33(21-19-32)28(24-11-5-3-6-12-24)25-13-7-4-8-14-25;5-3(6)1-2-4(7)8/h3-8,11-16,23,28H,1-2,9-10,17-22H2;1-2H,(H,5,6)(H,7,8). The SMILES string of the molecule is O=C(O)C=CC(=O)O.c1ccc(C(c2ccccc2)N2CCN(CCCCCCOc3ccc4nncn4n3)CC2)cc1. The highest BCUT2D eigenvalue weighted by atomic mass is 16.5. The maximum atomic E-state index is 9.55. The molecule has 11 heteroatoms. The first-order valence-electron chi connectivity index (χ1n) is 14.5. The van der Waals surface area contributed by atoms with Gasteiger partial charge in [-0.25, -0.2) is 9.59 Å². The summed E-state index contributed by atoms with van der Waals surface area (Å²) in [5, 5.41) is 27.8. The highest BCUT2D eigenvalue weighted by molar-refractivity contribution is 5.89. The summed E-state index contributed by atoms with van der Waals surface area (Å²) in [4.78, 5) is 24.4. The van der Waals surface area contributed by atoms with Crippen LogP contribution in [0.3, 0.4) is 0 Å². The van der Waals surface area contributed by atoms with Crippen molar-refractivity contribution in [3.05, 3.63) is 102 Å². The normalized spacial score (nSPS) is 14.1. The lowest BCUT2D eigenvalue weighted by atomic mass is 9.96. The Morgan fingerprint density at radius 1 is 0.791 bits per heavy atom. The molecule has 2 aromatic heterocycles. The molecule has 3 heterocycles. The van der Waals surface area contributed by atoms with Gasteiger partial charge in [0.25, 0.3) is 0 Å². The van der Waals surface area contributed by atoms with Crippen LogP contribution < -0.4 is 4.74 Å². The molecule has 0 amide bonds. The maximum Gasteiger partial charge on any atom is 0.328 e. The average molecular weight is 587 g/mol. The summed E-state index contributed by atoms with van der Waals surface area (Å²) in [7, 11) is 0. The van der Waals surface area contributed by atoms with Crippen LogP contribution in [-0.2, 0) is 9.59 Å². The molecular weight excluding hydrogens is 548 g/mol. The molecule has 2 aromatic carbocycles. The first kappa shape index (κ1) is 31.3. The lowest BCUT2D eigenvalue weighted by Crippen LogP contribution is -2.48. The molecule has 43 heavy (non-hydrogen) atoms. The molecule has 2 N–H and O–H groups in total. The van der Waals surface area contributed by atoms with Crippen LogP contribution in [0.1, 0.15) is 42.9 Å². The summed E-state index contributed by atoms with van der Waals surface area (Å²) in [5.41, 5.74) is 3.49. The van der Waals surface area contributed by atoms with Crippen LogP contribution in [0.15, 0.2) is 91.3 Å². The third-order valence-electron chi connectivity index (χ3n) is 7.13. The lowest BCUT2D eigenvalue weighted by Gasteiger charge is -2.39. The van der Waals surface area contributed by atoms with Gasteiger partial charge in [0.2, 0.25) is 5.88 Å². The Morgan fingerprint density at radius 2 is 1.40 bits per heavy atom. The van der Waals surface area contributed by atoms with Crippen LogP contribution in [0, 0.1) is 0 Å². The number of carboxylic acid groups (broad SMARTS) is 2. The van der Waals surface area contributed by atoms with Crippen molar-refractivity contribution in [2.24, 2.45) is 0 Å². The van der Waals surface area contributed by atoms with E-state index in [4.69, 9.17) is 14.9 Å². The van der Waals surface area contributed by atoms with Gasteiger partial charge in [-0.15, -0.1) is 15.3 Å². The van der Waals surface area contributed by atoms with Crippen molar-refractivity contribution in [1.82, 2.24) is 29.6 Å². The van der Waals surface area contributed by atoms with Gasteiger partial charge >= 0.3 is 11.9 Å². The lowest BCUT2D eigenvalue weighted by molar-refractivity contribution is -0.134. The van der Waals surface area contributed by atoms with Crippen molar-refractivity contribution in [2.45, 2.75) is 31.7 Å². The molecule has 226 valence electrons. The van der Waals surface area contributed by atoms with E-state index in [1.54, 1.807) is 10.8 Å². The topological polar surface area (TPSA) is 133 Å². The highest BCUT2D eigenvalue weighted by Crippen LogP contribution is 2.29.